The van der Waals surface area contributed by atoms with Crippen molar-refractivity contribution in [2.24, 2.45) is 0 Å². The first-order valence-electron chi connectivity index (χ1n) is 5.89. The standard InChI is InChI=1S/C13H19NO3S/c1-10(2)14(11(3)4)18(16,17)13-7-5-12(9-15)6-8-13/h5-11H,1-4H3. The predicted octanol–water partition coefficient (Wildman–Crippen LogP) is 2.31. The Balaban J connectivity index is 3.22. The Bertz CT molecular complexity index is 496. The lowest BCUT2D eigenvalue weighted by Gasteiger charge is -2.29. The van der Waals surface area contributed by atoms with E-state index in [0.717, 1.165) is 0 Å². The number of carbonyl (C=O) groups is 1. The van der Waals surface area contributed by atoms with Gasteiger partial charge in [0.2, 0.25) is 10.0 Å². The molecule has 0 aliphatic heterocycles. The molecule has 5 heteroatoms. The van der Waals surface area contributed by atoms with Gasteiger partial charge in [-0.3, -0.25) is 4.79 Å². The first-order valence-corrected chi connectivity index (χ1v) is 7.33. The van der Waals surface area contributed by atoms with E-state index in [2.05, 4.69) is 0 Å². The molecule has 0 radical (unpaired) electrons. The maximum Gasteiger partial charge on any atom is 0.243 e. The van der Waals surface area contributed by atoms with Gasteiger partial charge in [-0.05, 0) is 39.8 Å². The molecule has 0 saturated carbocycles. The largest absolute Gasteiger partial charge is 0.298 e. The van der Waals surface area contributed by atoms with E-state index in [9.17, 15) is 13.2 Å². The molecule has 0 spiro atoms. The van der Waals surface area contributed by atoms with Gasteiger partial charge in [-0.25, -0.2) is 8.42 Å². The number of hydrogen-bond donors (Lipinski definition) is 0. The van der Waals surface area contributed by atoms with Gasteiger partial charge < -0.3 is 0 Å². The van der Waals surface area contributed by atoms with E-state index in [1.807, 2.05) is 27.7 Å². The van der Waals surface area contributed by atoms with Gasteiger partial charge in [-0.2, -0.15) is 4.31 Å². The molecule has 1 rings (SSSR count). The molecule has 0 aliphatic rings. The summed E-state index contributed by atoms with van der Waals surface area (Å²) in [4.78, 5) is 10.8. The van der Waals surface area contributed by atoms with E-state index in [1.165, 1.54) is 28.6 Å². The quantitative estimate of drug-likeness (QED) is 0.771. The molecule has 0 bridgehead atoms. The maximum absolute atomic E-state index is 12.5. The summed E-state index contributed by atoms with van der Waals surface area (Å²) in [5.41, 5.74) is 0.467. The second-order valence-corrected chi connectivity index (χ2v) is 6.55. The molecule has 1 aromatic carbocycles. The summed E-state index contributed by atoms with van der Waals surface area (Å²) >= 11 is 0. The third-order valence-electron chi connectivity index (χ3n) is 2.61. The first kappa shape index (κ1) is 14.9. The van der Waals surface area contributed by atoms with Crippen LogP contribution in [0.3, 0.4) is 0 Å². The topological polar surface area (TPSA) is 54.5 Å². The minimum atomic E-state index is -3.51. The third-order valence-corrected chi connectivity index (χ3v) is 4.88. The normalized spacial score (nSPS) is 12.4. The van der Waals surface area contributed by atoms with Gasteiger partial charge in [0.15, 0.2) is 0 Å². The van der Waals surface area contributed by atoms with Crippen molar-refractivity contribution >= 4 is 16.3 Å². The summed E-state index contributed by atoms with van der Waals surface area (Å²) in [6, 6.07) is 5.74. The number of nitrogens with zero attached hydrogens (tertiary/aromatic N) is 1. The zero-order valence-electron chi connectivity index (χ0n) is 11.1. The molecule has 0 N–H and O–H groups in total. The van der Waals surface area contributed by atoms with Crippen molar-refractivity contribution < 1.29 is 13.2 Å². The van der Waals surface area contributed by atoms with E-state index in [0.29, 0.717) is 11.8 Å². The van der Waals surface area contributed by atoms with Crippen molar-refractivity contribution in [2.45, 2.75) is 44.7 Å². The Labute approximate surface area is 109 Å². The van der Waals surface area contributed by atoms with Gasteiger partial charge in [0.1, 0.15) is 6.29 Å². The van der Waals surface area contributed by atoms with Gasteiger partial charge >= 0.3 is 0 Å². The number of carbonyl (C=O) groups excluding carboxylic acids is 1. The molecule has 100 valence electrons. The molecule has 0 fully saturated rings. The summed E-state index contributed by atoms with van der Waals surface area (Å²) in [5.74, 6) is 0. The summed E-state index contributed by atoms with van der Waals surface area (Å²) in [6.45, 7) is 7.38. The molecular weight excluding hydrogens is 250 g/mol. The highest BCUT2D eigenvalue weighted by molar-refractivity contribution is 7.89. The fourth-order valence-corrected chi connectivity index (χ4v) is 3.83. The van der Waals surface area contributed by atoms with Crippen LogP contribution in [0.25, 0.3) is 0 Å². The van der Waals surface area contributed by atoms with E-state index < -0.39 is 10.0 Å². The summed E-state index contributed by atoms with van der Waals surface area (Å²) < 4.78 is 26.4. The second kappa shape index (κ2) is 5.63. The number of aldehydes is 1. The van der Waals surface area contributed by atoms with Crippen LogP contribution < -0.4 is 0 Å². The second-order valence-electron chi connectivity index (χ2n) is 4.71. The van der Waals surface area contributed by atoms with E-state index >= 15 is 0 Å². The lowest BCUT2D eigenvalue weighted by atomic mass is 10.2. The van der Waals surface area contributed by atoms with Gasteiger partial charge in [0.05, 0.1) is 4.90 Å². The van der Waals surface area contributed by atoms with Crippen molar-refractivity contribution in [3.63, 3.8) is 0 Å². The van der Waals surface area contributed by atoms with Crippen LogP contribution in [0.5, 0.6) is 0 Å². The minimum Gasteiger partial charge on any atom is -0.298 e. The van der Waals surface area contributed by atoms with E-state index in [-0.39, 0.29) is 17.0 Å². The summed E-state index contributed by atoms with van der Waals surface area (Å²) in [7, 11) is -3.51. The van der Waals surface area contributed by atoms with E-state index in [1.54, 1.807) is 0 Å². The molecule has 0 aliphatic carbocycles. The summed E-state index contributed by atoms with van der Waals surface area (Å²) in [6.07, 6.45) is 0.694. The first-order chi connectivity index (χ1) is 8.30. The minimum absolute atomic E-state index is 0.110. The van der Waals surface area contributed by atoms with Gasteiger partial charge in [-0.15, -0.1) is 0 Å². The fourth-order valence-electron chi connectivity index (χ4n) is 1.99. The monoisotopic (exact) mass is 269 g/mol. The van der Waals surface area contributed by atoms with Gasteiger partial charge in [0.25, 0.3) is 0 Å². The molecule has 0 amide bonds. The molecule has 0 unspecified atom stereocenters. The third kappa shape index (κ3) is 2.97. The molecule has 0 saturated heterocycles. The Morgan fingerprint density at radius 3 is 1.78 bits per heavy atom. The van der Waals surface area contributed by atoms with Crippen LogP contribution in [-0.2, 0) is 10.0 Å². The van der Waals surface area contributed by atoms with Crippen LogP contribution >= 0.6 is 0 Å². The Hall–Kier alpha value is -1.20. The summed E-state index contributed by atoms with van der Waals surface area (Å²) in [5, 5.41) is 0. The van der Waals surface area contributed by atoms with Crippen LogP contribution in [0.15, 0.2) is 29.2 Å². The maximum atomic E-state index is 12.5. The Morgan fingerprint density at radius 2 is 1.44 bits per heavy atom. The zero-order chi connectivity index (χ0) is 13.9. The highest BCUT2D eigenvalue weighted by atomic mass is 32.2. The van der Waals surface area contributed by atoms with Crippen molar-refractivity contribution in [2.75, 3.05) is 0 Å². The van der Waals surface area contributed by atoms with Crippen LogP contribution in [0.1, 0.15) is 38.1 Å². The van der Waals surface area contributed by atoms with Crippen molar-refractivity contribution in [3.05, 3.63) is 29.8 Å². The highest BCUT2D eigenvalue weighted by Crippen LogP contribution is 2.21. The molecule has 18 heavy (non-hydrogen) atoms. The lowest BCUT2D eigenvalue weighted by molar-refractivity contribution is 0.112. The molecule has 0 heterocycles. The number of benzene rings is 1. The van der Waals surface area contributed by atoms with Crippen molar-refractivity contribution in [1.82, 2.24) is 4.31 Å². The van der Waals surface area contributed by atoms with Crippen LogP contribution in [-0.4, -0.2) is 31.1 Å². The van der Waals surface area contributed by atoms with Crippen LogP contribution in [0.4, 0.5) is 0 Å². The predicted molar refractivity (Wildman–Crippen MR) is 71.1 cm³/mol. The average molecular weight is 269 g/mol. The van der Waals surface area contributed by atoms with Crippen LogP contribution in [0.2, 0.25) is 0 Å². The number of hydrogen-bond acceptors (Lipinski definition) is 3. The molecule has 4 nitrogen and oxygen atoms in total. The lowest BCUT2D eigenvalue weighted by Crippen LogP contribution is -2.41. The van der Waals surface area contributed by atoms with Crippen molar-refractivity contribution in [3.8, 4) is 0 Å². The number of rotatable bonds is 5. The molecule has 0 atom stereocenters. The highest BCUT2D eigenvalue weighted by Gasteiger charge is 2.29. The zero-order valence-corrected chi connectivity index (χ0v) is 11.9. The van der Waals surface area contributed by atoms with E-state index in [4.69, 9.17) is 0 Å². The van der Waals surface area contributed by atoms with Gasteiger partial charge in [0, 0.05) is 17.6 Å². The Kier molecular flexibility index (Phi) is 4.65. The molecular formula is C13H19NO3S. The van der Waals surface area contributed by atoms with Crippen LogP contribution in [0, 0.1) is 0 Å². The number of sulfonamides is 1. The average Bonchev–Trinajstić information content (AvgIpc) is 2.27. The fraction of sp³-hybridized carbons (Fsp3) is 0.462. The smallest absolute Gasteiger partial charge is 0.243 e. The van der Waals surface area contributed by atoms with Gasteiger partial charge in [-0.1, -0.05) is 12.1 Å². The van der Waals surface area contributed by atoms with Crippen molar-refractivity contribution in [1.29, 1.82) is 0 Å². The SMILES string of the molecule is CC(C)N(C(C)C)S(=O)(=O)c1ccc(C=O)cc1. The molecule has 0 aromatic heterocycles. The molecule has 1 aromatic rings. The Morgan fingerprint density at radius 1 is 1.00 bits per heavy atom.